The normalized spacial score (nSPS) is 15.1. The van der Waals surface area contributed by atoms with Crippen LogP contribution in [0.3, 0.4) is 0 Å². The van der Waals surface area contributed by atoms with E-state index in [1.54, 1.807) is 30.3 Å². The third-order valence-corrected chi connectivity index (χ3v) is 7.31. The summed E-state index contributed by atoms with van der Waals surface area (Å²) in [4.78, 5) is 39.3. The van der Waals surface area contributed by atoms with Crippen molar-refractivity contribution in [1.82, 2.24) is 0 Å². The zero-order valence-electron chi connectivity index (χ0n) is 17.2. The van der Waals surface area contributed by atoms with E-state index in [-0.39, 0.29) is 11.8 Å². The van der Waals surface area contributed by atoms with Crippen LogP contribution in [0.15, 0.2) is 41.8 Å². The number of hydrogen-bond acceptors (Lipinski definition) is 6. The van der Waals surface area contributed by atoms with Crippen molar-refractivity contribution in [2.75, 3.05) is 17.7 Å². The van der Waals surface area contributed by atoms with Crippen LogP contribution in [0.5, 0.6) is 0 Å². The summed E-state index contributed by atoms with van der Waals surface area (Å²) >= 11 is 2.85. The van der Waals surface area contributed by atoms with Crippen LogP contribution in [0, 0.1) is 5.92 Å². The summed E-state index contributed by atoms with van der Waals surface area (Å²) in [5.41, 5.74) is 2.53. The Balaban J connectivity index is 1.61. The molecule has 2 amide bonds. The number of amides is 2. The van der Waals surface area contributed by atoms with Crippen molar-refractivity contribution in [2.24, 2.45) is 5.92 Å². The Hall–Kier alpha value is -2.97. The zero-order chi connectivity index (χ0) is 22.0. The lowest BCUT2D eigenvalue weighted by Gasteiger charge is -2.18. The minimum absolute atomic E-state index is 0.210. The minimum atomic E-state index is -0.433. The van der Waals surface area contributed by atoms with Gasteiger partial charge in [-0.2, -0.15) is 0 Å². The average molecular weight is 455 g/mol. The van der Waals surface area contributed by atoms with Crippen LogP contribution in [0.25, 0.3) is 0 Å². The number of carbonyl (C=O) groups excluding carboxylic acids is 3. The van der Waals surface area contributed by atoms with Gasteiger partial charge in [0, 0.05) is 10.6 Å². The molecule has 2 aromatic heterocycles. The van der Waals surface area contributed by atoms with Crippen LogP contribution in [0.1, 0.15) is 54.2 Å². The van der Waals surface area contributed by atoms with Gasteiger partial charge in [-0.15, -0.1) is 22.7 Å². The molecule has 0 spiro atoms. The quantitative estimate of drug-likeness (QED) is 0.517. The van der Waals surface area contributed by atoms with Crippen molar-refractivity contribution >= 4 is 51.1 Å². The third-order valence-electron chi connectivity index (χ3n) is 5.27. The fraction of sp³-hybridized carbons (Fsp3) is 0.261. The maximum atomic E-state index is 13.2. The van der Waals surface area contributed by atoms with E-state index in [1.807, 2.05) is 11.4 Å². The van der Waals surface area contributed by atoms with E-state index in [0.29, 0.717) is 32.6 Å². The SMILES string of the molecule is COC(=O)c1ccc(NC(=O)c2c(NC(=O)c3cccs3)sc3c2CCC(C)C3)cc1. The first kappa shape index (κ1) is 21.3. The van der Waals surface area contributed by atoms with Crippen molar-refractivity contribution in [2.45, 2.75) is 26.2 Å². The number of rotatable bonds is 5. The number of hydrogen-bond donors (Lipinski definition) is 2. The van der Waals surface area contributed by atoms with E-state index in [1.165, 1.54) is 29.8 Å². The number of methoxy groups -OCH3 is 1. The molecular formula is C23H22N2O4S2. The number of anilines is 2. The van der Waals surface area contributed by atoms with Crippen molar-refractivity contribution < 1.29 is 19.1 Å². The molecule has 6 nitrogen and oxygen atoms in total. The Labute approximate surface area is 188 Å². The highest BCUT2D eigenvalue weighted by Gasteiger charge is 2.28. The van der Waals surface area contributed by atoms with Gasteiger partial charge in [0.05, 0.1) is 23.1 Å². The van der Waals surface area contributed by atoms with Gasteiger partial charge in [0.1, 0.15) is 5.00 Å². The molecule has 1 aromatic carbocycles. The summed E-state index contributed by atoms with van der Waals surface area (Å²) in [5.74, 6) is -0.358. The Morgan fingerprint density at radius 2 is 1.84 bits per heavy atom. The molecule has 0 saturated carbocycles. The molecule has 8 heteroatoms. The fourth-order valence-electron chi connectivity index (χ4n) is 3.65. The van der Waals surface area contributed by atoms with Crippen LogP contribution in [-0.4, -0.2) is 24.9 Å². The van der Waals surface area contributed by atoms with E-state index in [0.717, 1.165) is 29.7 Å². The molecule has 0 saturated heterocycles. The van der Waals surface area contributed by atoms with Gasteiger partial charge in [-0.25, -0.2) is 4.79 Å². The lowest BCUT2D eigenvalue weighted by atomic mass is 9.88. The van der Waals surface area contributed by atoms with Gasteiger partial charge in [0.2, 0.25) is 0 Å². The predicted octanol–water partition coefficient (Wildman–Crippen LogP) is 5.23. The van der Waals surface area contributed by atoms with E-state index < -0.39 is 5.97 Å². The van der Waals surface area contributed by atoms with Crippen LogP contribution in [-0.2, 0) is 17.6 Å². The smallest absolute Gasteiger partial charge is 0.337 e. The molecule has 0 bridgehead atoms. The first-order chi connectivity index (χ1) is 15.0. The van der Waals surface area contributed by atoms with Gasteiger partial charge >= 0.3 is 5.97 Å². The maximum Gasteiger partial charge on any atom is 0.337 e. The van der Waals surface area contributed by atoms with E-state index in [9.17, 15) is 14.4 Å². The van der Waals surface area contributed by atoms with Crippen LogP contribution in [0.4, 0.5) is 10.7 Å². The molecule has 1 atom stereocenters. The second-order valence-electron chi connectivity index (χ2n) is 7.51. The number of esters is 1. The minimum Gasteiger partial charge on any atom is -0.465 e. The summed E-state index contributed by atoms with van der Waals surface area (Å²) in [6, 6.07) is 10.1. The van der Waals surface area contributed by atoms with Gasteiger partial charge in [-0.05, 0) is 66.5 Å². The predicted molar refractivity (Wildman–Crippen MR) is 124 cm³/mol. The van der Waals surface area contributed by atoms with Crippen molar-refractivity contribution in [1.29, 1.82) is 0 Å². The summed E-state index contributed by atoms with van der Waals surface area (Å²) in [7, 11) is 1.32. The standard InChI is InChI=1S/C23H22N2O4S2/c1-13-5-10-16-18(12-13)31-22(25-20(26)17-4-3-11-30-17)19(16)21(27)24-15-8-6-14(7-9-15)23(28)29-2/h3-4,6-9,11,13H,5,10,12H2,1-2H3,(H,24,27)(H,25,26). The Kier molecular flexibility index (Phi) is 6.20. The summed E-state index contributed by atoms with van der Waals surface area (Å²) in [6.45, 7) is 2.20. The fourth-order valence-corrected chi connectivity index (χ4v) is 5.67. The van der Waals surface area contributed by atoms with Crippen molar-refractivity contribution in [3.63, 3.8) is 0 Å². The van der Waals surface area contributed by atoms with Gasteiger partial charge in [0.25, 0.3) is 11.8 Å². The molecule has 1 aliphatic rings. The van der Waals surface area contributed by atoms with Crippen LogP contribution in [0.2, 0.25) is 0 Å². The van der Waals surface area contributed by atoms with Gasteiger partial charge in [-0.3, -0.25) is 9.59 Å². The molecule has 2 N–H and O–H groups in total. The van der Waals surface area contributed by atoms with Gasteiger partial charge < -0.3 is 15.4 Å². The number of thiophene rings is 2. The third kappa shape index (κ3) is 4.55. The highest BCUT2D eigenvalue weighted by Crippen LogP contribution is 2.40. The van der Waals surface area contributed by atoms with Crippen LogP contribution < -0.4 is 10.6 Å². The maximum absolute atomic E-state index is 13.2. The highest BCUT2D eigenvalue weighted by molar-refractivity contribution is 7.17. The number of benzene rings is 1. The molecular weight excluding hydrogens is 432 g/mol. The summed E-state index contributed by atoms with van der Waals surface area (Å²) in [5, 5.41) is 8.29. The molecule has 160 valence electrons. The first-order valence-electron chi connectivity index (χ1n) is 9.95. The zero-order valence-corrected chi connectivity index (χ0v) is 18.8. The van der Waals surface area contributed by atoms with E-state index in [4.69, 9.17) is 4.74 Å². The molecule has 1 aliphatic carbocycles. The number of nitrogens with one attached hydrogen (secondary N) is 2. The molecule has 3 aromatic rings. The molecule has 0 aliphatic heterocycles. The van der Waals surface area contributed by atoms with Crippen molar-refractivity contribution in [3.05, 3.63) is 68.2 Å². The average Bonchev–Trinajstić information content (AvgIpc) is 3.41. The topological polar surface area (TPSA) is 84.5 Å². The molecule has 2 heterocycles. The van der Waals surface area contributed by atoms with Crippen molar-refractivity contribution in [3.8, 4) is 0 Å². The monoisotopic (exact) mass is 454 g/mol. The van der Waals surface area contributed by atoms with Gasteiger partial charge in [-0.1, -0.05) is 13.0 Å². The Bertz CT molecular complexity index is 1120. The lowest BCUT2D eigenvalue weighted by molar-refractivity contribution is 0.0600. The second-order valence-corrected chi connectivity index (χ2v) is 9.56. The molecule has 1 unspecified atom stereocenters. The molecule has 0 fully saturated rings. The molecule has 0 radical (unpaired) electrons. The number of fused-ring (bicyclic) bond motifs is 1. The number of ether oxygens (including phenoxy) is 1. The Morgan fingerprint density at radius 1 is 1.06 bits per heavy atom. The first-order valence-corrected chi connectivity index (χ1v) is 11.6. The molecule has 4 rings (SSSR count). The Morgan fingerprint density at radius 3 is 2.52 bits per heavy atom. The van der Waals surface area contributed by atoms with Crippen LogP contribution >= 0.6 is 22.7 Å². The highest BCUT2D eigenvalue weighted by atomic mass is 32.1. The molecule has 31 heavy (non-hydrogen) atoms. The number of carbonyl (C=O) groups is 3. The van der Waals surface area contributed by atoms with E-state index in [2.05, 4.69) is 17.6 Å². The second kappa shape index (κ2) is 9.03. The van der Waals surface area contributed by atoms with E-state index >= 15 is 0 Å². The largest absolute Gasteiger partial charge is 0.465 e. The van der Waals surface area contributed by atoms with Gasteiger partial charge in [0.15, 0.2) is 0 Å². The lowest BCUT2D eigenvalue weighted by Crippen LogP contribution is -2.19. The summed E-state index contributed by atoms with van der Waals surface area (Å²) < 4.78 is 4.71. The summed E-state index contributed by atoms with van der Waals surface area (Å²) in [6.07, 6.45) is 2.73.